The standard InChI is InChI=1S/C22H25F4N3O3/c1-3-27-11(2)12-6-7-28(9-12)19-16(23)8-14-18(17(19)22(24,25)26)29(13-4-5-13)10-15(20(14)30)21(31)32/h8,10-13,27H,3-7,9H2,1-2H3,(H,31,32)/t11-,12?/m0/s1. The maximum absolute atomic E-state index is 15.2. The fourth-order valence-electron chi connectivity index (χ4n) is 4.74. The summed E-state index contributed by atoms with van der Waals surface area (Å²) in [5, 5.41) is 12.1. The monoisotopic (exact) mass is 455 g/mol. The van der Waals surface area contributed by atoms with Crippen LogP contribution in [0.3, 0.4) is 0 Å². The predicted molar refractivity (Wildman–Crippen MR) is 112 cm³/mol. The number of nitrogens with zero attached hydrogens (tertiary/aromatic N) is 2. The molecule has 0 amide bonds. The number of alkyl halides is 3. The van der Waals surface area contributed by atoms with Crippen molar-refractivity contribution >= 4 is 22.6 Å². The van der Waals surface area contributed by atoms with Crippen molar-refractivity contribution in [2.24, 2.45) is 5.92 Å². The van der Waals surface area contributed by atoms with E-state index in [1.165, 1.54) is 9.47 Å². The third kappa shape index (κ3) is 3.85. The van der Waals surface area contributed by atoms with Gasteiger partial charge in [0.15, 0.2) is 0 Å². The van der Waals surface area contributed by atoms with Crippen molar-refractivity contribution in [1.82, 2.24) is 9.88 Å². The van der Waals surface area contributed by atoms with Gasteiger partial charge in [-0.1, -0.05) is 6.92 Å². The Morgan fingerprint density at radius 2 is 2.00 bits per heavy atom. The SMILES string of the molecule is CCN[C@@H](C)C1CCN(c2c(F)cc3c(=O)c(C(=O)O)cn(C4CC4)c3c2C(F)(F)F)C1. The number of benzene rings is 1. The Hall–Kier alpha value is -2.62. The van der Waals surface area contributed by atoms with Crippen molar-refractivity contribution in [3.63, 3.8) is 0 Å². The summed E-state index contributed by atoms with van der Waals surface area (Å²) in [6.45, 7) is 5.12. The van der Waals surface area contributed by atoms with Gasteiger partial charge < -0.3 is 19.9 Å². The second-order valence-electron chi connectivity index (χ2n) is 8.63. The molecule has 32 heavy (non-hydrogen) atoms. The van der Waals surface area contributed by atoms with E-state index in [0.717, 1.165) is 18.8 Å². The van der Waals surface area contributed by atoms with Crippen molar-refractivity contribution in [1.29, 1.82) is 0 Å². The average Bonchev–Trinajstić information content (AvgIpc) is 3.43. The number of carboxylic acids is 1. The molecule has 1 saturated heterocycles. The van der Waals surface area contributed by atoms with Gasteiger partial charge in [-0.25, -0.2) is 9.18 Å². The first-order chi connectivity index (χ1) is 15.0. The highest BCUT2D eigenvalue weighted by atomic mass is 19.4. The van der Waals surface area contributed by atoms with E-state index in [-0.39, 0.29) is 31.1 Å². The molecule has 6 nitrogen and oxygen atoms in total. The molecule has 1 aromatic heterocycles. The van der Waals surface area contributed by atoms with Gasteiger partial charge in [0, 0.05) is 31.4 Å². The summed E-state index contributed by atoms with van der Waals surface area (Å²) in [6, 6.07) is 0.482. The third-order valence-electron chi connectivity index (χ3n) is 6.47. The number of nitrogens with one attached hydrogen (secondary N) is 1. The molecule has 2 atom stereocenters. The van der Waals surface area contributed by atoms with E-state index < -0.39 is 51.1 Å². The Balaban J connectivity index is 1.96. The minimum atomic E-state index is -4.94. The summed E-state index contributed by atoms with van der Waals surface area (Å²) in [6.07, 6.45) is -2.23. The summed E-state index contributed by atoms with van der Waals surface area (Å²) < 4.78 is 59.7. The molecular weight excluding hydrogens is 430 g/mol. The minimum absolute atomic E-state index is 0.0474. The predicted octanol–water partition coefficient (Wildman–Crippen LogP) is 4.02. The molecule has 0 radical (unpaired) electrons. The summed E-state index contributed by atoms with van der Waals surface area (Å²) in [5.41, 5.74) is -3.97. The van der Waals surface area contributed by atoms with E-state index in [9.17, 15) is 27.9 Å². The zero-order valence-corrected chi connectivity index (χ0v) is 17.8. The molecule has 2 N–H and O–H groups in total. The second kappa shape index (κ2) is 8.06. The largest absolute Gasteiger partial charge is 0.477 e. The number of aromatic nitrogens is 1. The Kier molecular flexibility index (Phi) is 5.68. The van der Waals surface area contributed by atoms with E-state index in [4.69, 9.17) is 0 Å². The fourth-order valence-corrected chi connectivity index (χ4v) is 4.74. The summed E-state index contributed by atoms with van der Waals surface area (Å²) >= 11 is 0. The molecule has 2 aliphatic rings. The Labute approximate surface area is 181 Å². The number of rotatable bonds is 6. The fraction of sp³-hybridized carbons (Fsp3) is 0.545. The second-order valence-corrected chi connectivity index (χ2v) is 8.63. The van der Waals surface area contributed by atoms with Gasteiger partial charge in [-0.2, -0.15) is 13.2 Å². The number of halogens is 4. The minimum Gasteiger partial charge on any atom is -0.477 e. The van der Waals surface area contributed by atoms with Crippen molar-refractivity contribution in [3.05, 3.63) is 39.4 Å². The van der Waals surface area contributed by atoms with Crippen LogP contribution in [0.25, 0.3) is 10.9 Å². The van der Waals surface area contributed by atoms with Crippen LogP contribution in [0.5, 0.6) is 0 Å². The van der Waals surface area contributed by atoms with Gasteiger partial charge in [0.05, 0.1) is 16.6 Å². The van der Waals surface area contributed by atoms with Crippen LogP contribution in [-0.2, 0) is 6.18 Å². The number of aromatic carboxylic acids is 1. The molecule has 4 rings (SSSR count). The summed E-state index contributed by atoms with van der Waals surface area (Å²) in [4.78, 5) is 25.6. The molecule has 10 heteroatoms. The number of carboxylic acid groups (broad SMARTS) is 1. The zero-order valence-electron chi connectivity index (χ0n) is 17.8. The molecule has 2 heterocycles. The molecule has 1 saturated carbocycles. The summed E-state index contributed by atoms with van der Waals surface area (Å²) in [7, 11) is 0. The number of fused-ring (bicyclic) bond motifs is 1. The smallest absolute Gasteiger partial charge is 0.420 e. The van der Waals surface area contributed by atoms with Gasteiger partial charge in [-0.3, -0.25) is 4.79 Å². The highest BCUT2D eigenvalue weighted by molar-refractivity contribution is 5.95. The van der Waals surface area contributed by atoms with Crippen molar-refractivity contribution in [2.75, 3.05) is 24.5 Å². The molecule has 2 aromatic rings. The van der Waals surface area contributed by atoms with Gasteiger partial charge in [0.25, 0.3) is 0 Å². The molecule has 2 fully saturated rings. The Bertz CT molecular complexity index is 1120. The van der Waals surface area contributed by atoms with Gasteiger partial charge in [0.1, 0.15) is 16.9 Å². The van der Waals surface area contributed by atoms with Crippen LogP contribution in [0.1, 0.15) is 55.1 Å². The van der Waals surface area contributed by atoms with E-state index >= 15 is 4.39 Å². The van der Waals surface area contributed by atoms with E-state index in [1.54, 1.807) is 0 Å². The van der Waals surface area contributed by atoms with Crippen molar-refractivity contribution < 1.29 is 27.5 Å². The lowest BCUT2D eigenvalue weighted by molar-refractivity contribution is -0.136. The first kappa shape index (κ1) is 22.6. The summed E-state index contributed by atoms with van der Waals surface area (Å²) in [5.74, 6) is -2.67. The number of pyridine rings is 1. The van der Waals surface area contributed by atoms with Gasteiger partial charge >= 0.3 is 12.1 Å². The number of anilines is 1. The van der Waals surface area contributed by atoms with Crippen molar-refractivity contribution in [2.45, 2.75) is 51.4 Å². The quantitative estimate of drug-likeness (QED) is 0.644. The van der Waals surface area contributed by atoms with E-state index in [0.29, 0.717) is 19.3 Å². The lowest BCUT2D eigenvalue weighted by Crippen LogP contribution is -2.35. The van der Waals surface area contributed by atoms with Crippen LogP contribution in [0.15, 0.2) is 17.1 Å². The van der Waals surface area contributed by atoms with Crippen LogP contribution >= 0.6 is 0 Å². The molecule has 174 valence electrons. The number of hydrogen-bond donors (Lipinski definition) is 2. The van der Waals surface area contributed by atoms with Gasteiger partial charge in [-0.15, -0.1) is 0 Å². The first-order valence-corrected chi connectivity index (χ1v) is 10.7. The third-order valence-corrected chi connectivity index (χ3v) is 6.47. The van der Waals surface area contributed by atoms with Crippen LogP contribution < -0.4 is 15.6 Å². The highest BCUT2D eigenvalue weighted by Crippen LogP contribution is 2.46. The molecule has 1 unspecified atom stereocenters. The Morgan fingerprint density at radius 3 is 2.56 bits per heavy atom. The maximum atomic E-state index is 15.2. The van der Waals surface area contributed by atoms with Crippen LogP contribution in [0, 0.1) is 11.7 Å². The molecule has 1 aliphatic carbocycles. The molecule has 0 spiro atoms. The normalized spacial score (nSPS) is 20.2. The number of hydrogen-bond acceptors (Lipinski definition) is 4. The highest BCUT2D eigenvalue weighted by Gasteiger charge is 2.43. The maximum Gasteiger partial charge on any atom is 0.420 e. The topological polar surface area (TPSA) is 74.6 Å². The molecule has 1 aromatic carbocycles. The lowest BCUT2D eigenvalue weighted by Gasteiger charge is -2.27. The molecule has 1 aliphatic heterocycles. The molecule has 0 bridgehead atoms. The average molecular weight is 455 g/mol. The van der Waals surface area contributed by atoms with E-state index in [1.807, 2.05) is 13.8 Å². The lowest BCUT2D eigenvalue weighted by atomic mass is 10.0. The van der Waals surface area contributed by atoms with Crippen LogP contribution in [-0.4, -0.2) is 41.3 Å². The number of carbonyl (C=O) groups is 1. The first-order valence-electron chi connectivity index (χ1n) is 10.7. The van der Waals surface area contributed by atoms with Gasteiger partial charge in [-0.05, 0) is 44.7 Å². The molecular formula is C22H25F4N3O3. The zero-order chi connectivity index (χ0) is 23.4. The van der Waals surface area contributed by atoms with Gasteiger partial charge in [0.2, 0.25) is 5.43 Å². The van der Waals surface area contributed by atoms with E-state index in [2.05, 4.69) is 5.32 Å². The van der Waals surface area contributed by atoms with Crippen molar-refractivity contribution in [3.8, 4) is 0 Å². The Morgan fingerprint density at radius 1 is 1.31 bits per heavy atom. The van der Waals surface area contributed by atoms with Crippen LogP contribution in [0.4, 0.5) is 23.2 Å². The van der Waals surface area contributed by atoms with Crippen LogP contribution in [0.2, 0.25) is 0 Å².